The first kappa shape index (κ1) is 23.9. The Morgan fingerprint density at radius 3 is 2.14 bits per heavy atom. The summed E-state index contributed by atoms with van der Waals surface area (Å²) in [6.45, 7) is 0.395. The van der Waals surface area contributed by atoms with E-state index in [1.54, 1.807) is 54.5 Å². The van der Waals surface area contributed by atoms with Gasteiger partial charge in [-0.2, -0.15) is 0 Å². The van der Waals surface area contributed by atoms with E-state index in [0.29, 0.717) is 46.4 Å². The molecule has 0 saturated heterocycles. The van der Waals surface area contributed by atoms with Gasteiger partial charge in [0.2, 0.25) is 11.7 Å². The summed E-state index contributed by atoms with van der Waals surface area (Å²) in [4.78, 5) is 28.2. The molecule has 8 heteroatoms. The van der Waals surface area contributed by atoms with Crippen LogP contribution in [-0.2, 0) is 11.3 Å². The van der Waals surface area contributed by atoms with Crippen LogP contribution in [-0.4, -0.2) is 45.2 Å². The number of anilines is 1. The first-order chi connectivity index (χ1) is 17.0. The Balaban J connectivity index is 1.69. The van der Waals surface area contributed by atoms with E-state index in [0.717, 1.165) is 5.56 Å². The van der Waals surface area contributed by atoms with Gasteiger partial charge in [-0.3, -0.25) is 9.59 Å². The number of hydrogen-bond acceptors (Lipinski definition) is 6. The molecule has 35 heavy (non-hydrogen) atoms. The molecule has 3 aromatic carbocycles. The molecule has 0 aromatic heterocycles. The number of carbonyl (C=O) groups is 2. The van der Waals surface area contributed by atoms with Crippen LogP contribution < -0.4 is 24.3 Å². The second-order valence-corrected chi connectivity index (χ2v) is 8.05. The Bertz CT molecular complexity index is 1200. The van der Waals surface area contributed by atoms with Crippen molar-refractivity contribution in [2.75, 3.05) is 33.8 Å². The van der Waals surface area contributed by atoms with Crippen LogP contribution in [0.1, 0.15) is 33.9 Å². The number of fused-ring (bicyclic) bond motifs is 1. The van der Waals surface area contributed by atoms with Crippen LogP contribution in [0.5, 0.6) is 23.0 Å². The molecule has 1 heterocycles. The smallest absolute Gasteiger partial charge is 0.255 e. The summed E-state index contributed by atoms with van der Waals surface area (Å²) in [7, 11) is 6.17. The first-order valence-corrected chi connectivity index (χ1v) is 11.1. The molecule has 0 spiro atoms. The van der Waals surface area contributed by atoms with Crippen molar-refractivity contribution in [3.8, 4) is 23.0 Å². The fraction of sp³-hybridized carbons (Fsp3) is 0.259. The van der Waals surface area contributed by atoms with Crippen LogP contribution in [0.4, 0.5) is 5.69 Å². The highest BCUT2D eigenvalue weighted by molar-refractivity contribution is 5.99. The molecule has 1 atom stereocenters. The molecule has 4 rings (SSSR count). The zero-order chi connectivity index (χ0) is 24.9. The van der Waals surface area contributed by atoms with E-state index in [4.69, 9.17) is 18.9 Å². The summed E-state index contributed by atoms with van der Waals surface area (Å²) >= 11 is 0. The zero-order valence-electron chi connectivity index (χ0n) is 20.2. The molecule has 182 valence electrons. The van der Waals surface area contributed by atoms with Crippen LogP contribution in [0.25, 0.3) is 0 Å². The highest BCUT2D eigenvalue weighted by Gasteiger charge is 2.35. The van der Waals surface area contributed by atoms with Crippen LogP contribution >= 0.6 is 0 Å². The Morgan fingerprint density at radius 2 is 1.57 bits per heavy atom. The van der Waals surface area contributed by atoms with E-state index in [1.165, 1.54) is 21.3 Å². The van der Waals surface area contributed by atoms with Gasteiger partial charge in [-0.25, -0.2) is 0 Å². The highest BCUT2D eigenvalue weighted by Crippen LogP contribution is 2.43. The molecule has 0 radical (unpaired) electrons. The Labute approximate surface area is 204 Å². The lowest BCUT2D eigenvalue weighted by Crippen LogP contribution is -2.32. The molecule has 0 saturated carbocycles. The summed E-state index contributed by atoms with van der Waals surface area (Å²) in [6, 6.07) is 17.5. The third kappa shape index (κ3) is 4.87. The van der Waals surface area contributed by atoms with Crippen molar-refractivity contribution >= 4 is 17.5 Å². The number of nitrogens with one attached hydrogen (secondary N) is 1. The number of carbonyl (C=O) groups excluding carboxylic acids is 2. The van der Waals surface area contributed by atoms with E-state index < -0.39 is 6.04 Å². The van der Waals surface area contributed by atoms with E-state index >= 15 is 0 Å². The quantitative estimate of drug-likeness (QED) is 0.491. The lowest BCUT2D eigenvalue weighted by molar-refractivity contribution is -0.117. The van der Waals surface area contributed by atoms with Crippen molar-refractivity contribution in [1.82, 2.24) is 4.90 Å². The lowest BCUT2D eigenvalue weighted by Gasteiger charge is -2.29. The second kappa shape index (κ2) is 10.4. The minimum Gasteiger partial charge on any atom is -0.497 e. The van der Waals surface area contributed by atoms with Crippen LogP contribution in [0.15, 0.2) is 60.7 Å². The number of amides is 2. The molecular formula is C27H28N2O6. The van der Waals surface area contributed by atoms with Gasteiger partial charge >= 0.3 is 0 Å². The summed E-state index contributed by atoms with van der Waals surface area (Å²) in [5.74, 6) is 1.67. The minimum atomic E-state index is -0.568. The molecule has 1 N–H and O–H groups in total. The summed E-state index contributed by atoms with van der Waals surface area (Å²) < 4.78 is 21.7. The van der Waals surface area contributed by atoms with Crippen molar-refractivity contribution < 1.29 is 28.5 Å². The number of ether oxygens (including phenoxy) is 4. The molecule has 0 fully saturated rings. The Hall–Kier alpha value is -4.20. The number of rotatable bonds is 9. The fourth-order valence-corrected chi connectivity index (χ4v) is 4.29. The van der Waals surface area contributed by atoms with Gasteiger partial charge in [0.15, 0.2) is 11.5 Å². The first-order valence-electron chi connectivity index (χ1n) is 11.1. The maximum atomic E-state index is 13.3. The molecule has 2 amide bonds. The predicted molar refractivity (Wildman–Crippen MR) is 131 cm³/mol. The summed E-state index contributed by atoms with van der Waals surface area (Å²) in [5.41, 5.74) is 2.90. The van der Waals surface area contributed by atoms with Crippen LogP contribution in [0.2, 0.25) is 0 Å². The van der Waals surface area contributed by atoms with Crippen molar-refractivity contribution in [2.45, 2.75) is 19.0 Å². The molecule has 0 unspecified atom stereocenters. The second-order valence-electron chi connectivity index (χ2n) is 8.05. The molecule has 1 aliphatic heterocycles. The van der Waals surface area contributed by atoms with Crippen molar-refractivity contribution in [2.24, 2.45) is 0 Å². The molecule has 0 aliphatic carbocycles. The fourth-order valence-electron chi connectivity index (χ4n) is 4.29. The van der Waals surface area contributed by atoms with Gasteiger partial charge < -0.3 is 29.2 Å². The number of benzene rings is 3. The average molecular weight is 477 g/mol. The minimum absolute atomic E-state index is 0.0321. The summed E-state index contributed by atoms with van der Waals surface area (Å²) in [6.07, 6.45) is 0.0321. The van der Waals surface area contributed by atoms with E-state index in [2.05, 4.69) is 5.32 Å². The predicted octanol–water partition coefficient (Wildman–Crippen LogP) is 4.45. The van der Waals surface area contributed by atoms with Gasteiger partial charge in [-0.05, 0) is 53.6 Å². The number of methoxy groups -OCH3 is 4. The Kier molecular flexibility index (Phi) is 7.10. The van der Waals surface area contributed by atoms with E-state index in [9.17, 15) is 9.59 Å². The SMILES string of the molecule is COc1ccc(NC(=O)C[C@H](c2cc(OC)c(OC)c(OC)c2)N2Cc3ccccc3C2=O)cc1. The molecule has 8 nitrogen and oxygen atoms in total. The third-order valence-electron chi connectivity index (χ3n) is 6.05. The van der Waals surface area contributed by atoms with Gasteiger partial charge in [0.05, 0.1) is 40.9 Å². The van der Waals surface area contributed by atoms with Crippen LogP contribution in [0, 0.1) is 0 Å². The Morgan fingerprint density at radius 1 is 0.914 bits per heavy atom. The maximum Gasteiger partial charge on any atom is 0.255 e. The maximum absolute atomic E-state index is 13.3. The molecular weight excluding hydrogens is 448 g/mol. The average Bonchev–Trinajstić information content (AvgIpc) is 3.22. The normalized spacial score (nSPS) is 13.1. The van der Waals surface area contributed by atoms with Gasteiger partial charge in [-0.15, -0.1) is 0 Å². The van der Waals surface area contributed by atoms with E-state index in [-0.39, 0.29) is 18.2 Å². The van der Waals surface area contributed by atoms with Crippen molar-refractivity contribution in [3.05, 3.63) is 77.4 Å². The summed E-state index contributed by atoms with van der Waals surface area (Å²) in [5, 5.41) is 2.91. The lowest BCUT2D eigenvalue weighted by atomic mass is 10.00. The number of hydrogen-bond donors (Lipinski definition) is 1. The van der Waals surface area contributed by atoms with Gasteiger partial charge in [0.25, 0.3) is 5.91 Å². The topological polar surface area (TPSA) is 86.3 Å². The van der Waals surface area contributed by atoms with Gasteiger partial charge in [0.1, 0.15) is 5.75 Å². The third-order valence-corrected chi connectivity index (χ3v) is 6.05. The molecule has 3 aromatic rings. The van der Waals surface area contributed by atoms with E-state index in [1.807, 2.05) is 18.2 Å². The standard InChI is InChI=1S/C27H28N2O6/c1-32-20-11-9-19(10-12-20)28-25(30)15-22(29-16-17-7-5-6-8-21(17)27(29)31)18-13-23(33-2)26(35-4)24(14-18)34-3/h5-14,22H,15-16H2,1-4H3,(H,28,30)/t22-/m1/s1. The number of nitrogens with zero attached hydrogens (tertiary/aromatic N) is 1. The van der Waals surface area contributed by atoms with Crippen LogP contribution in [0.3, 0.4) is 0 Å². The molecule has 0 bridgehead atoms. The monoisotopic (exact) mass is 476 g/mol. The van der Waals surface area contributed by atoms with Gasteiger partial charge in [-0.1, -0.05) is 18.2 Å². The van der Waals surface area contributed by atoms with Crippen molar-refractivity contribution in [1.29, 1.82) is 0 Å². The van der Waals surface area contributed by atoms with Crippen molar-refractivity contribution in [3.63, 3.8) is 0 Å². The largest absolute Gasteiger partial charge is 0.497 e. The zero-order valence-corrected chi connectivity index (χ0v) is 20.2. The molecule has 1 aliphatic rings. The van der Waals surface area contributed by atoms with Gasteiger partial charge in [0, 0.05) is 17.8 Å². The highest BCUT2D eigenvalue weighted by atomic mass is 16.5.